The molecule has 2 aromatic heterocycles. The summed E-state index contributed by atoms with van der Waals surface area (Å²) in [4.78, 5) is 9.41. The van der Waals surface area contributed by atoms with Gasteiger partial charge in [-0.15, -0.1) is 0 Å². The molecule has 0 spiro atoms. The topological polar surface area (TPSA) is 84.2 Å². The average Bonchev–Trinajstić information content (AvgIpc) is 3.10. The molecule has 8 nitrogen and oxygen atoms in total. The number of rotatable bonds is 5. The molecule has 26 heavy (non-hydrogen) atoms. The highest BCUT2D eigenvalue weighted by molar-refractivity contribution is 7.86. The first-order valence-electron chi connectivity index (χ1n) is 8.88. The lowest BCUT2D eigenvalue weighted by Gasteiger charge is -2.32. The van der Waals surface area contributed by atoms with Crippen LogP contribution in [-0.4, -0.2) is 64.0 Å². The van der Waals surface area contributed by atoms with Gasteiger partial charge < -0.3 is 0 Å². The van der Waals surface area contributed by atoms with Gasteiger partial charge in [-0.25, -0.2) is 9.97 Å². The fourth-order valence-corrected chi connectivity index (χ4v) is 4.42. The molecule has 1 aliphatic rings. The lowest BCUT2D eigenvalue weighted by Crippen LogP contribution is -2.44. The molecule has 0 amide bonds. The molecule has 0 aromatic carbocycles. The second-order valence-corrected chi connectivity index (χ2v) is 8.89. The van der Waals surface area contributed by atoms with E-state index in [2.05, 4.69) is 10.1 Å². The Morgan fingerprint density at radius 3 is 2.54 bits per heavy atom. The molecule has 1 aliphatic heterocycles. The van der Waals surface area contributed by atoms with Gasteiger partial charge in [0.15, 0.2) is 0 Å². The summed E-state index contributed by atoms with van der Waals surface area (Å²) in [5.41, 5.74) is 2.76. The molecule has 1 saturated heterocycles. The molecule has 2 aromatic rings. The van der Waals surface area contributed by atoms with Gasteiger partial charge in [0.25, 0.3) is 10.2 Å². The van der Waals surface area contributed by atoms with Gasteiger partial charge in [-0.3, -0.25) is 4.68 Å². The van der Waals surface area contributed by atoms with E-state index in [4.69, 9.17) is 4.98 Å². The van der Waals surface area contributed by atoms with E-state index in [9.17, 15) is 8.42 Å². The third-order valence-electron chi connectivity index (χ3n) is 4.76. The lowest BCUT2D eigenvalue weighted by atomic mass is 9.97. The highest BCUT2D eigenvalue weighted by atomic mass is 32.2. The van der Waals surface area contributed by atoms with Crippen LogP contribution in [0.3, 0.4) is 0 Å². The van der Waals surface area contributed by atoms with Crippen molar-refractivity contribution in [1.82, 2.24) is 28.4 Å². The normalized spacial score (nSPS) is 17.1. The van der Waals surface area contributed by atoms with Crippen molar-refractivity contribution in [2.45, 2.75) is 39.2 Å². The van der Waals surface area contributed by atoms with Crippen LogP contribution in [0.4, 0.5) is 0 Å². The molecule has 1 fully saturated rings. The maximum absolute atomic E-state index is 12.3. The molecule has 3 heterocycles. The Morgan fingerprint density at radius 1 is 1.23 bits per heavy atom. The summed E-state index contributed by atoms with van der Waals surface area (Å²) in [5.74, 6) is 0.964. The van der Waals surface area contributed by atoms with Gasteiger partial charge in [-0.05, 0) is 38.8 Å². The summed E-state index contributed by atoms with van der Waals surface area (Å²) in [6, 6.07) is 3.93. The first kappa shape index (κ1) is 18.9. The quantitative estimate of drug-likeness (QED) is 0.790. The highest BCUT2D eigenvalue weighted by Crippen LogP contribution is 2.29. The number of hydrogen-bond donors (Lipinski definition) is 0. The maximum Gasteiger partial charge on any atom is 0.281 e. The maximum atomic E-state index is 12.3. The molecule has 0 saturated carbocycles. The molecule has 0 unspecified atom stereocenters. The van der Waals surface area contributed by atoms with Gasteiger partial charge in [-0.1, -0.05) is 0 Å². The third kappa shape index (κ3) is 3.65. The van der Waals surface area contributed by atoms with Crippen molar-refractivity contribution in [3.8, 4) is 11.4 Å². The van der Waals surface area contributed by atoms with E-state index in [0.717, 1.165) is 42.3 Å². The Bertz CT molecular complexity index is 869. The first-order chi connectivity index (χ1) is 12.3. The van der Waals surface area contributed by atoms with E-state index in [1.807, 2.05) is 30.7 Å². The van der Waals surface area contributed by atoms with Gasteiger partial charge in [0.2, 0.25) is 0 Å². The van der Waals surface area contributed by atoms with Gasteiger partial charge >= 0.3 is 0 Å². The Balaban J connectivity index is 1.81. The van der Waals surface area contributed by atoms with E-state index < -0.39 is 10.2 Å². The van der Waals surface area contributed by atoms with Crippen molar-refractivity contribution in [3.63, 3.8) is 0 Å². The monoisotopic (exact) mass is 378 g/mol. The van der Waals surface area contributed by atoms with Crippen molar-refractivity contribution in [1.29, 1.82) is 0 Å². The van der Waals surface area contributed by atoms with E-state index >= 15 is 0 Å². The van der Waals surface area contributed by atoms with Gasteiger partial charge in [0, 0.05) is 51.5 Å². The predicted octanol–water partition coefficient (Wildman–Crippen LogP) is 1.65. The molecule has 142 valence electrons. The average molecular weight is 379 g/mol. The highest BCUT2D eigenvalue weighted by Gasteiger charge is 2.31. The van der Waals surface area contributed by atoms with E-state index in [0.29, 0.717) is 13.1 Å². The van der Waals surface area contributed by atoms with Crippen molar-refractivity contribution >= 4 is 10.2 Å². The summed E-state index contributed by atoms with van der Waals surface area (Å²) in [6.07, 6.45) is 3.23. The minimum absolute atomic E-state index is 0.167. The minimum atomic E-state index is -3.35. The van der Waals surface area contributed by atoms with E-state index in [-0.39, 0.29) is 5.92 Å². The second-order valence-electron chi connectivity index (χ2n) is 6.75. The molecule has 9 heteroatoms. The van der Waals surface area contributed by atoms with Crippen LogP contribution >= 0.6 is 0 Å². The van der Waals surface area contributed by atoms with Gasteiger partial charge in [-0.2, -0.15) is 22.1 Å². The summed E-state index contributed by atoms with van der Waals surface area (Å²) in [6.45, 7) is 5.77. The van der Waals surface area contributed by atoms with Crippen molar-refractivity contribution in [3.05, 3.63) is 29.8 Å². The molecule has 3 rings (SSSR count). The van der Waals surface area contributed by atoms with Crippen LogP contribution in [-0.2, 0) is 16.8 Å². The number of nitrogens with zero attached hydrogens (tertiary/aromatic N) is 6. The fraction of sp³-hybridized carbons (Fsp3) is 0.588. The molecule has 0 bridgehead atoms. The number of hydrogen-bond acceptors (Lipinski definition) is 5. The number of aryl methyl sites for hydroxylation is 2. The smallest absolute Gasteiger partial charge is 0.264 e. The molecule has 0 N–H and O–H groups in total. The van der Waals surface area contributed by atoms with Crippen LogP contribution in [0.25, 0.3) is 11.4 Å². The Morgan fingerprint density at radius 2 is 1.92 bits per heavy atom. The SMILES string of the molecule is CCn1nccc1-c1cc(C)nc(C2CCN(S(=O)(=O)N(C)C)CC2)n1. The standard InChI is InChI=1S/C17H26N6O2S/c1-5-23-16(6-9-18-23)15-12-13(2)19-17(20-15)14-7-10-22(11-8-14)26(24,25)21(3)4/h6,9,12,14H,5,7-8,10-11H2,1-4H3. The molecule has 0 aliphatic carbocycles. The van der Waals surface area contributed by atoms with Crippen LogP contribution in [0.2, 0.25) is 0 Å². The fourth-order valence-electron chi connectivity index (χ4n) is 3.28. The van der Waals surface area contributed by atoms with Crippen LogP contribution < -0.4 is 0 Å². The Kier molecular flexibility index (Phi) is 5.40. The van der Waals surface area contributed by atoms with Crippen molar-refractivity contribution in [2.75, 3.05) is 27.2 Å². The zero-order chi connectivity index (χ0) is 18.9. The Labute approximate surface area is 155 Å². The summed E-state index contributed by atoms with van der Waals surface area (Å²) in [7, 11) is -0.225. The molecule has 0 atom stereocenters. The number of piperidine rings is 1. The van der Waals surface area contributed by atoms with Gasteiger partial charge in [0.05, 0.1) is 11.4 Å². The molecular weight excluding hydrogens is 352 g/mol. The first-order valence-corrected chi connectivity index (χ1v) is 10.3. The zero-order valence-corrected chi connectivity index (χ0v) is 16.6. The van der Waals surface area contributed by atoms with Crippen molar-refractivity contribution < 1.29 is 8.42 Å². The van der Waals surface area contributed by atoms with Crippen LogP contribution in [0.5, 0.6) is 0 Å². The molecular formula is C17H26N6O2S. The number of aromatic nitrogens is 4. The summed E-state index contributed by atoms with van der Waals surface area (Å²) >= 11 is 0. The van der Waals surface area contributed by atoms with E-state index in [1.54, 1.807) is 20.3 Å². The predicted molar refractivity (Wildman–Crippen MR) is 99.8 cm³/mol. The largest absolute Gasteiger partial charge is 0.281 e. The van der Waals surface area contributed by atoms with Crippen LogP contribution in [0.1, 0.15) is 37.2 Å². The van der Waals surface area contributed by atoms with Crippen LogP contribution in [0.15, 0.2) is 18.3 Å². The summed E-state index contributed by atoms with van der Waals surface area (Å²) < 4.78 is 29.3. The van der Waals surface area contributed by atoms with Crippen LogP contribution in [0, 0.1) is 6.92 Å². The van der Waals surface area contributed by atoms with Gasteiger partial charge in [0.1, 0.15) is 5.82 Å². The summed E-state index contributed by atoms with van der Waals surface area (Å²) in [5, 5.41) is 4.31. The third-order valence-corrected chi connectivity index (χ3v) is 6.70. The second kappa shape index (κ2) is 7.42. The lowest BCUT2D eigenvalue weighted by molar-refractivity contribution is 0.297. The Hall–Kier alpha value is -1.84. The van der Waals surface area contributed by atoms with E-state index in [1.165, 1.54) is 8.61 Å². The van der Waals surface area contributed by atoms with Crippen molar-refractivity contribution in [2.24, 2.45) is 0 Å². The zero-order valence-electron chi connectivity index (χ0n) is 15.8. The molecule has 0 radical (unpaired) electrons. The minimum Gasteiger partial charge on any atom is -0.264 e.